The van der Waals surface area contributed by atoms with E-state index in [4.69, 9.17) is 4.74 Å². The predicted molar refractivity (Wildman–Crippen MR) is 81.7 cm³/mol. The van der Waals surface area contributed by atoms with E-state index in [9.17, 15) is 28.1 Å². The van der Waals surface area contributed by atoms with Gasteiger partial charge in [0.05, 0.1) is 4.92 Å². The lowest BCUT2D eigenvalue weighted by molar-refractivity contribution is -0.384. The fraction of sp³-hybridized carbons (Fsp3) is 0.200. The first-order chi connectivity index (χ1) is 12.2. The number of benzene rings is 1. The number of carbonyl (C=O) groups is 1. The van der Waals surface area contributed by atoms with Crippen molar-refractivity contribution in [1.82, 2.24) is 10.3 Å². The zero-order chi connectivity index (χ0) is 19.2. The van der Waals surface area contributed by atoms with Crippen molar-refractivity contribution < 1.29 is 32.4 Å². The zero-order valence-electron chi connectivity index (χ0n) is 13.0. The molecule has 0 saturated carbocycles. The van der Waals surface area contributed by atoms with Crippen molar-refractivity contribution in [1.29, 1.82) is 0 Å². The normalized spacial score (nSPS) is 10.9. The average molecular weight is 371 g/mol. The Balaban J connectivity index is 1.86. The van der Waals surface area contributed by atoms with Crippen LogP contribution in [-0.2, 0) is 6.54 Å². The van der Waals surface area contributed by atoms with Crippen molar-refractivity contribution in [3.63, 3.8) is 0 Å². The Morgan fingerprint density at radius 2 is 1.92 bits per heavy atom. The third-order valence-electron chi connectivity index (χ3n) is 2.88. The smallest absolute Gasteiger partial charge is 0.422 e. The summed E-state index contributed by atoms with van der Waals surface area (Å²) in [7, 11) is 0. The van der Waals surface area contributed by atoms with Gasteiger partial charge in [-0.3, -0.25) is 10.1 Å². The predicted octanol–water partition coefficient (Wildman–Crippen LogP) is 3.22. The third kappa shape index (κ3) is 6.26. The van der Waals surface area contributed by atoms with Crippen molar-refractivity contribution in [3.8, 4) is 11.6 Å². The van der Waals surface area contributed by atoms with E-state index in [1.54, 1.807) is 0 Å². The number of non-ortho nitro benzene ring substituents is 1. The highest BCUT2D eigenvalue weighted by molar-refractivity contribution is 5.70. The van der Waals surface area contributed by atoms with Crippen LogP contribution in [0.15, 0.2) is 42.6 Å². The molecule has 8 nitrogen and oxygen atoms in total. The molecule has 0 atom stereocenters. The van der Waals surface area contributed by atoms with Crippen LogP contribution in [0.5, 0.6) is 11.6 Å². The van der Waals surface area contributed by atoms with E-state index in [-0.39, 0.29) is 23.9 Å². The molecule has 0 aliphatic heterocycles. The first kappa shape index (κ1) is 19.0. The molecule has 0 spiro atoms. The summed E-state index contributed by atoms with van der Waals surface area (Å²) >= 11 is 0. The van der Waals surface area contributed by atoms with E-state index in [1.807, 2.05) is 0 Å². The molecule has 0 aliphatic rings. The van der Waals surface area contributed by atoms with Crippen LogP contribution < -0.4 is 14.8 Å². The highest BCUT2D eigenvalue weighted by Gasteiger charge is 2.28. The minimum Gasteiger partial charge on any atom is -0.468 e. The number of pyridine rings is 1. The fourth-order valence-corrected chi connectivity index (χ4v) is 1.75. The second-order valence-corrected chi connectivity index (χ2v) is 4.90. The van der Waals surface area contributed by atoms with Crippen LogP contribution in [0.1, 0.15) is 5.56 Å². The molecular weight excluding hydrogens is 359 g/mol. The standard InChI is InChI=1S/C15H12F3N3O5/c16-15(17,18)9-25-13-7-10(5-6-19-13)8-20-14(22)26-12-3-1-11(2-4-12)21(23)24/h1-7H,8-9H2,(H,20,22). The number of aromatic nitrogens is 1. The molecule has 0 aliphatic carbocycles. The molecule has 138 valence electrons. The fourth-order valence-electron chi connectivity index (χ4n) is 1.75. The number of carbonyl (C=O) groups excluding carboxylic acids is 1. The van der Waals surface area contributed by atoms with Gasteiger partial charge < -0.3 is 14.8 Å². The summed E-state index contributed by atoms with van der Waals surface area (Å²) in [6, 6.07) is 7.59. The van der Waals surface area contributed by atoms with Gasteiger partial charge in [0.25, 0.3) is 5.69 Å². The van der Waals surface area contributed by atoms with Crippen molar-refractivity contribution >= 4 is 11.8 Å². The number of nitro groups is 1. The van der Waals surface area contributed by atoms with Gasteiger partial charge in [-0.2, -0.15) is 13.2 Å². The molecule has 1 aromatic heterocycles. The van der Waals surface area contributed by atoms with Gasteiger partial charge in [0.2, 0.25) is 5.88 Å². The molecule has 26 heavy (non-hydrogen) atoms. The number of ether oxygens (including phenoxy) is 2. The largest absolute Gasteiger partial charge is 0.468 e. The Morgan fingerprint density at radius 1 is 1.23 bits per heavy atom. The lowest BCUT2D eigenvalue weighted by atomic mass is 10.2. The maximum absolute atomic E-state index is 12.1. The summed E-state index contributed by atoms with van der Waals surface area (Å²) in [4.78, 5) is 25.3. The van der Waals surface area contributed by atoms with E-state index >= 15 is 0 Å². The quantitative estimate of drug-likeness (QED) is 0.618. The van der Waals surface area contributed by atoms with Crippen LogP contribution in [0.3, 0.4) is 0 Å². The van der Waals surface area contributed by atoms with Gasteiger partial charge in [-0.1, -0.05) is 0 Å². The lowest BCUT2D eigenvalue weighted by Crippen LogP contribution is -2.26. The van der Waals surface area contributed by atoms with Crippen LogP contribution in [0.2, 0.25) is 0 Å². The Bertz CT molecular complexity index is 781. The van der Waals surface area contributed by atoms with E-state index in [0.29, 0.717) is 5.56 Å². The number of halogens is 3. The van der Waals surface area contributed by atoms with E-state index in [2.05, 4.69) is 15.0 Å². The first-order valence-corrected chi connectivity index (χ1v) is 7.07. The SMILES string of the molecule is O=C(NCc1ccnc(OCC(F)(F)F)c1)Oc1ccc([N+](=O)[O-])cc1. The zero-order valence-corrected chi connectivity index (χ0v) is 13.0. The Morgan fingerprint density at radius 3 is 2.54 bits per heavy atom. The molecule has 11 heteroatoms. The van der Waals surface area contributed by atoms with Gasteiger partial charge in [-0.25, -0.2) is 9.78 Å². The number of nitro benzene ring substituents is 1. The number of alkyl halides is 3. The van der Waals surface area contributed by atoms with Gasteiger partial charge >= 0.3 is 12.3 Å². The number of rotatable bonds is 6. The molecule has 1 aromatic carbocycles. The minimum atomic E-state index is -4.48. The van der Waals surface area contributed by atoms with Gasteiger partial charge in [0, 0.05) is 30.9 Å². The molecule has 0 bridgehead atoms. The molecular formula is C15H12F3N3O5. The van der Waals surface area contributed by atoms with E-state index < -0.39 is 23.8 Å². The van der Waals surface area contributed by atoms with Crippen molar-refractivity contribution in [3.05, 3.63) is 58.3 Å². The van der Waals surface area contributed by atoms with Crippen LogP contribution in [0.25, 0.3) is 0 Å². The second-order valence-electron chi connectivity index (χ2n) is 4.90. The number of nitrogens with zero attached hydrogens (tertiary/aromatic N) is 2. The second kappa shape index (κ2) is 8.14. The van der Waals surface area contributed by atoms with Crippen molar-refractivity contribution in [2.24, 2.45) is 0 Å². The molecule has 0 saturated heterocycles. The molecule has 0 radical (unpaired) electrons. The number of hydrogen-bond acceptors (Lipinski definition) is 6. The molecule has 2 rings (SSSR count). The van der Waals surface area contributed by atoms with Crippen LogP contribution >= 0.6 is 0 Å². The van der Waals surface area contributed by atoms with Crippen LogP contribution in [0.4, 0.5) is 23.7 Å². The summed E-state index contributed by atoms with van der Waals surface area (Å²) in [5.74, 6) is -0.137. The van der Waals surface area contributed by atoms with Crippen molar-refractivity contribution in [2.75, 3.05) is 6.61 Å². The summed E-state index contributed by atoms with van der Waals surface area (Å²) in [5, 5.41) is 12.9. The topological polar surface area (TPSA) is 104 Å². The number of hydrogen-bond donors (Lipinski definition) is 1. The van der Waals surface area contributed by atoms with Gasteiger partial charge in [-0.15, -0.1) is 0 Å². The van der Waals surface area contributed by atoms with Gasteiger partial charge in [-0.05, 0) is 23.8 Å². The summed E-state index contributed by atoms with van der Waals surface area (Å²) in [6.07, 6.45) is -4.08. The van der Waals surface area contributed by atoms with Crippen LogP contribution in [-0.4, -0.2) is 28.8 Å². The van der Waals surface area contributed by atoms with Crippen molar-refractivity contribution in [2.45, 2.75) is 12.7 Å². The van der Waals surface area contributed by atoms with E-state index in [0.717, 1.165) is 0 Å². The molecule has 1 N–H and O–H groups in total. The molecule has 0 fully saturated rings. The highest BCUT2D eigenvalue weighted by Crippen LogP contribution is 2.18. The lowest BCUT2D eigenvalue weighted by Gasteiger charge is -2.10. The molecule has 1 amide bonds. The number of nitrogens with one attached hydrogen (secondary N) is 1. The van der Waals surface area contributed by atoms with Gasteiger partial charge in [0.15, 0.2) is 6.61 Å². The van der Waals surface area contributed by atoms with Gasteiger partial charge in [0.1, 0.15) is 5.75 Å². The maximum Gasteiger partial charge on any atom is 0.422 e. The molecule has 2 aromatic rings. The highest BCUT2D eigenvalue weighted by atomic mass is 19.4. The maximum atomic E-state index is 12.1. The molecule has 0 unspecified atom stereocenters. The monoisotopic (exact) mass is 371 g/mol. The third-order valence-corrected chi connectivity index (χ3v) is 2.88. The Kier molecular flexibility index (Phi) is 5.94. The van der Waals surface area contributed by atoms with Crippen LogP contribution in [0, 0.1) is 10.1 Å². The minimum absolute atomic E-state index is 0.0449. The Labute approximate surface area is 144 Å². The summed E-state index contributed by atoms with van der Waals surface area (Å²) in [6.45, 7) is -1.52. The first-order valence-electron chi connectivity index (χ1n) is 7.07. The average Bonchev–Trinajstić information content (AvgIpc) is 2.58. The van der Waals surface area contributed by atoms with E-state index in [1.165, 1.54) is 42.6 Å². The number of amides is 1. The summed E-state index contributed by atoms with van der Waals surface area (Å²) in [5.41, 5.74) is 0.291. The summed E-state index contributed by atoms with van der Waals surface area (Å²) < 4.78 is 45.8. The molecule has 1 heterocycles. The Hall–Kier alpha value is -3.37.